The Morgan fingerprint density at radius 2 is 2.32 bits per heavy atom. The molecule has 1 aliphatic rings. The normalized spacial score (nSPS) is 16.7. The number of benzene rings is 1. The van der Waals surface area contributed by atoms with E-state index in [1.165, 1.54) is 11.1 Å². The molecule has 1 unspecified atom stereocenters. The van der Waals surface area contributed by atoms with Crippen LogP contribution in [0.4, 0.5) is 0 Å². The minimum Gasteiger partial charge on any atom is -0.501 e. The Bertz CT molecular complexity index is 461. The molecular formula is C15H19ClINO. The fourth-order valence-corrected chi connectivity index (χ4v) is 2.77. The molecule has 2 rings (SSSR count). The average Bonchev–Trinajstić information content (AvgIpc) is 2.44. The average molecular weight is 392 g/mol. The maximum absolute atomic E-state index is 6.24. The van der Waals surface area contributed by atoms with Gasteiger partial charge in [0, 0.05) is 3.57 Å². The van der Waals surface area contributed by atoms with Gasteiger partial charge in [-0.1, -0.05) is 24.6 Å². The summed E-state index contributed by atoms with van der Waals surface area (Å²) in [5, 5.41) is 4.41. The molecular weight excluding hydrogens is 373 g/mol. The Hall–Kier alpha value is -0.260. The van der Waals surface area contributed by atoms with Crippen LogP contribution in [-0.4, -0.2) is 13.2 Å². The zero-order valence-electron chi connectivity index (χ0n) is 11.1. The first-order chi connectivity index (χ1) is 9.22. The molecule has 4 heteroatoms. The summed E-state index contributed by atoms with van der Waals surface area (Å²) < 4.78 is 6.57. The lowest BCUT2D eigenvalue weighted by Crippen LogP contribution is -2.25. The van der Waals surface area contributed by atoms with Crippen LogP contribution < -0.4 is 5.32 Å². The van der Waals surface area contributed by atoms with Crippen molar-refractivity contribution >= 4 is 34.2 Å². The summed E-state index contributed by atoms with van der Waals surface area (Å²) in [5.41, 5.74) is 2.53. The lowest BCUT2D eigenvalue weighted by Gasteiger charge is -2.25. The van der Waals surface area contributed by atoms with Crippen LogP contribution in [0.25, 0.3) is 0 Å². The van der Waals surface area contributed by atoms with Gasteiger partial charge in [-0.15, -0.1) is 0 Å². The van der Waals surface area contributed by atoms with Gasteiger partial charge in [-0.2, -0.15) is 0 Å². The van der Waals surface area contributed by atoms with E-state index in [1.807, 2.05) is 6.26 Å². The van der Waals surface area contributed by atoms with Gasteiger partial charge < -0.3 is 10.1 Å². The number of rotatable bonds is 5. The molecule has 0 amide bonds. The molecule has 0 saturated carbocycles. The summed E-state index contributed by atoms with van der Waals surface area (Å²) in [7, 11) is 0. The number of nitrogens with one attached hydrogen (secondary N) is 1. The predicted octanol–water partition coefficient (Wildman–Crippen LogP) is 4.68. The van der Waals surface area contributed by atoms with Crippen molar-refractivity contribution in [3.63, 3.8) is 0 Å². The van der Waals surface area contributed by atoms with Crippen LogP contribution >= 0.6 is 34.2 Å². The fraction of sp³-hybridized carbons (Fsp3) is 0.467. The molecule has 0 aliphatic carbocycles. The van der Waals surface area contributed by atoms with Crippen LogP contribution in [-0.2, 0) is 4.74 Å². The van der Waals surface area contributed by atoms with E-state index in [1.54, 1.807) is 0 Å². The number of ether oxygens (including phenoxy) is 1. The van der Waals surface area contributed by atoms with Crippen molar-refractivity contribution in [3.8, 4) is 0 Å². The SMILES string of the molecule is CCCNC(C1=COCCC1)c1ccc(I)c(Cl)c1. The van der Waals surface area contributed by atoms with E-state index >= 15 is 0 Å². The molecule has 104 valence electrons. The molecule has 0 radical (unpaired) electrons. The van der Waals surface area contributed by atoms with E-state index in [-0.39, 0.29) is 6.04 Å². The lowest BCUT2D eigenvalue weighted by atomic mass is 9.95. The van der Waals surface area contributed by atoms with Crippen LogP contribution in [0.3, 0.4) is 0 Å². The van der Waals surface area contributed by atoms with E-state index in [2.05, 4.69) is 53.0 Å². The molecule has 0 fully saturated rings. The number of hydrogen-bond acceptors (Lipinski definition) is 2. The van der Waals surface area contributed by atoms with Crippen LogP contribution in [0.5, 0.6) is 0 Å². The first-order valence-electron chi connectivity index (χ1n) is 6.71. The van der Waals surface area contributed by atoms with Gasteiger partial charge in [-0.05, 0) is 71.7 Å². The van der Waals surface area contributed by atoms with Gasteiger partial charge in [0.15, 0.2) is 0 Å². The largest absolute Gasteiger partial charge is 0.501 e. The number of hydrogen-bond donors (Lipinski definition) is 1. The molecule has 1 aromatic carbocycles. The first kappa shape index (κ1) is 15.1. The Balaban J connectivity index is 2.25. The van der Waals surface area contributed by atoms with E-state index in [9.17, 15) is 0 Å². The highest BCUT2D eigenvalue weighted by molar-refractivity contribution is 14.1. The van der Waals surface area contributed by atoms with Gasteiger partial charge in [-0.25, -0.2) is 0 Å². The van der Waals surface area contributed by atoms with Crippen molar-refractivity contribution in [2.45, 2.75) is 32.2 Å². The molecule has 19 heavy (non-hydrogen) atoms. The topological polar surface area (TPSA) is 21.3 Å². The molecule has 0 aromatic heterocycles. The first-order valence-corrected chi connectivity index (χ1v) is 8.17. The lowest BCUT2D eigenvalue weighted by molar-refractivity contribution is 0.219. The second-order valence-electron chi connectivity index (χ2n) is 4.73. The van der Waals surface area contributed by atoms with Gasteiger partial charge >= 0.3 is 0 Å². The molecule has 1 N–H and O–H groups in total. The molecule has 1 heterocycles. The van der Waals surface area contributed by atoms with Crippen LogP contribution in [0, 0.1) is 3.57 Å². The van der Waals surface area contributed by atoms with E-state index in [0.29, 0.717) is 0 Å². The van der Waals surface area contributed by atoms with E-state index in [0.717, 1.165) is 41.0 Å². The van der Waals surface area contributed by atoms with E-state index in [4.69, 9.17) is 16.3 Å². The molecule has 0 saturated heterocycles. The summed E-state index contributed by atoms with van der Waals surface area (Å²) in [6.45, 7) is 4.00. The zero-order chi connectivity index (χ0) is 13.7. The Morgan fingerprint density at radius 1 is 1.47 bits per heavy atom. The van der Waals surface area contributed by atoms with Gasteiger partial charge in [0.2, 0.25) is 0 Å². The second-order valence-corrected chi connectivity index (χ2v) is 6.30. The van der Waals surface area contributed by atoms with Crippen LogP contribution in [0.2, 0.25) is 5.02 Å². The third-order valence-corrected chi connectivity index (χ3v) is 4.78. The molecule has 0 spiro atoms. The highest BCUT2D eigenvalue weighted by atomic mass is 127. The molecule has 1 aromatic rings. The van der Waals surface area contributed by atoms with Gasteiger partial charge in [0.25, 0.3) is 0 Å². The van der Waals surface area contributed by atoms with Gasteiger partial charge in [-0.3, -0.25) is 0 Å². The van der Waals surface area contributed by atoms with Crippen molar-refractivity contribution in [3.05, 3.63) is 44.2 Å². The standard InChI is InChI=1S/C15H19ClINO/c1-2-7-18-15(12-4-3-8-19-10-12)11-5-6-14(17)13(16)9-11/h5-6,9-10,15,18H,2-4,7-8H2,1H3. The van der Waals surface area contributed by atoms with Crippen molar-refractivity contribution in [2.75, 3.05) is 13.2 Å². The van der Waals surface area contributed by atoms with E-state index < -0.39 is 0 Å². The minimum absolute atomic E-state index is 0.217. The molecule has 1 atom stereocenters. The Labute approximate surface area is 133 Å². The van der Waals surface area contributed by atoms with Gasteiger partial charge in [0.1, 0.15) is 0 Å². The van der Waals surface area contributed by atoms with Gasteiger partial charge in [0.05, 0.1) is 23.9 Å². The predicted molar refractivity (Wildman–Crippen MR) is 88.5 cm³/mol. The Morgan fingerprint density at radius 3 is 2.95 bits per heavy atom. The van der Waals surface area contributed by atoms with Crippen LogP contribution in [0.15, 0.2) is 30.0 Å². The maximum atomic E-state index is 6.24. The van der Waals surface area contributed by atoms with Crippen molar-refractivity contribution < 1.29 is 4.74 Å². The number of halogens is 2. The quantitative estimate of drug-likeness (QED) is 0.736. The highest BCUT2D eigenvalue weighted by Crippen LogP contribution is 2.30. The maximum Gasteiger partial charge on any atom is 0.0876 e. The van der Waals surface area contributed by atoms with Crippen LogP contribution in [0.1, 0.15) is 37.8 Å². The summed E-state index contributed by atoms with van der Waals surface area (Å²) >= 11 is 8.50. The monoisotopic (exact) mass is 391 g/mol. The highest BCUT2D eigenvalue weighted by Gasteiger charge is 2.19. The zero-order valence-corrected chi connectivity index (χ0v) is 14.0. The second kappa shape index (κ2) is 7.50. The van der Waals surface area contributed by atoms with Crippen molar-refractivity contribution in [1.82, 2.24) is 5.32 Å². The molecule has 0 bridgehead atoms. The summed E-state index contributed by atoms with van der Waals surface area (Å²) in [5.74, 6) is 0. The van der Waals surface area contributed by atoms with Crippen molar-refractivity contribution in [2.24, 2.45) is 0 Å². The van der Waals surface area contributed by atoms with Crippen molar-refractivity contribution in [1.29, 1.82) is 0 Å². The molecule has 1 aliphatic heterocycles. The summed E-state index contributed by atoms with van der Waals surface area (Å²) in [4.78, 5) is 0. The third-order valence-electron chi connectivity index (χ3n) is 3.21. The molecule has 2 nitrogen and oxygen atoms in total. The smallest absolute Gasteiger partial charge is 0.0876 e. The summed E-state index contributed by atoms with van der Waals surface area (Å²) in [6.07, 6.45) is 5.21. The minimum atomic E-state index is 0.217. The summed E-state index contributed by atoms with van der Waals surface area (Å²) in [6, 6.07) is 6.50. The third kappa shape index (κ3) is 4.10. The fourth-order valence-electron chi connectivity index (χ4n) is 2.24. The Kier molecular flexibility index (Phi) is 5.98.